The van der Waals surface area contributed by atoms with E-state index in [1.165, 1.54) is 18.2 Å². The predicted molar refractivity (Wildman–Crippen MR) is 122 cm³/mol. The largest absolute Gasteiger partial charge is 0.492 e. The van der Waals surface area contributed by atoms with Gasteiger partial charge >= 0.3 is 0 Å². The van der Waals surface area contributed by atoms with Gasteiger partial charge in [-0.25, -0.2) is 13.5 Å². The molecule has 0 spiro atoms. The Morgan fingerprint density at radius 2 is 1.76 bits per heavy atom. The van der Waals surface area contributed by atoms with Crippen LogP contribution in [0.4, 0.5) is 14.5 Å². The summed E-state index contributed by atoms with van der Waals surface area (Å²) in [6.45, 7) is 0.166. The summed E-state index contributed by atoms with van der Waals surface area (Å²) in [7, 11) is 0. The fraction of sp³-hybridized carbons (Fsp3) is 0.120. The van der Waals surface area contributed by atoms with Crippen molar-refractivity contribution in [3.63, 3.8) is 0 Å². The van der Waals surface area contributed by atoms with Crippen molar-refractivity contribution in [2.24, 2.45) is 0 Å². The predicted octanol–water partition coefficient (Wildman–Crippen LogP) is 3.84. The highest BCUT2D eigenvalue weighted by Gasteiger charge is 2.24. The molecule has 0 aliphatic rings. The third-order valence-electron chi connectivity index (χ3n) is 4.89. The molecule has 172 valence electrons. The Morgan fingerprint density at radius 1 is 0.971 bits per heavy atom. The van der Waals surface area contributed by atoms with Crippen molar-refractivity contribution in [2.75, 3.05) is 11.5 Å². The molecule has 0 unspecified atom stereocenters. The van der Waals surface area contributed by atoms with Gasteiger partial charge in [-0.1, -0.05) is 24.3 Å². The minimum absolute atomic E-state index is 0.0832. The minimum Gasteiger partial charge on any atom is -0.492 e. The van der Waals surface area contributed by atoms with Crippen molar-refractivity contribution < 1.29 is 18.3 Å². The van der Waals surface area contributed by atoms with Crippen LogP contribution in [0.1, 0.15) is 16.2 Å². The molecule has 0 aliphatic carbocycles. The third kappa shape index (κ3) is 5.50. The van der Waals surface area contributed by atoms with Crippen molar-refractivity contribution >= 4 is 11.6 Å². The van der Waals surface area contributed by atoms with E-state index < -0.39 is 23.1 Å². The summed E-state index contributed by atoms with van der Waals surface area (Å²) in [6.07, 6.45) is 1.55. The molecule has 2 heterocycles. The van der Waals surface area contributed by atoms with Gasteiger partial charge in [0.2, 0.25) is 0 Å². The number of rotatable bonds is 8. The van der Waals surface area contributed by atoms with Gasteiger partial charge in [0.15, 0.2) is 0 Å². The van der Waals surface area contributed by atoms with Gasteiger partial charge in [-0.05, 0) is 42.5 Å². The highest BCUT2D eigenvalue weighted by atomic mass is 19.1. The first-order chi connectivity index (χ1) is 16.5. The fourth-order valence-electron chi connectivity index (χ4n) is 3.25. The quantitative estimate of drug-likeness (QED) is 0.398. The van der Waals surface area contributed by atoms with E-state index in [-0.39, 0.29) is 31.1 Å². The average Bonchev–Trinajstić information content (AvgIpc) is 2.85. The zero-order valence-electron chi connectivity index (χ0n) is 18.0. The van der Waals surface area contributed by atoms with E-state index >= 15 is 0 Å². The molecule has 4 rings (SSSR count). The molecule has 34 heavy (non-hydrogen) atoms. The molecule has 0 N–H and O–H groups in total. The maximum absolute atomic E-state index is 14.6. The van der Waals surface area contributed by atoms with Crippen molar-refractivity contribution in [3.05, 3.63) is 118 Å². The van der Waals surface area contributed by atoms with Gasteiger partial charge in [0.05, 0.1) is 24.5 Å². The summed E-state index contributed by atoms with van der Waals surface area (Å²) >= 11 is 0. The normalized spacial score (nSPS) is 10.6. The number of anilines is 1. The van der Waals surface area contributed by atoms with E-state index in [9.17, 15) is 18.4 Å². The molecule has 0 bridgehead atoms. The molecule has 1 amide bonds. The van der Waals surface area contributed by atoms with E-state index in [1.54, 1.807) is 36.5 Å². The maximum Gasteiger partial charge on any atom is 0.279 e. The molecule has 9 heteroatoms. The number of para-hydroxylation sites is 1. The first-order valence-electron chi connectivity index (χ1n) is 10.4. The lowest BCUT2D eigenvalue weighted by atomic mass is 10.2. The van der Waals surface area contributed by atoms with E-state index in [4.69, 9.17) is 4.74 Å². The van der Waals surface area contributed by atoms with Crippen LogP contribution in [0.15, 0.2) is 89.9 Å². The fourth-order valence-corrected chi connectivity index (χ4v) is 3.25. The van der Waals surface area contributed by atoms with Crippen molar-refractivity contribution in [2.45, 2.75) is 13.1 Å². The topological polar surface area (TPSA) is 77.3 Å². The van der Waals surface area contributed by atoms with Crippen molar-refractivity contribution in [1.82, 2.24) is 14.8 Å². The summed E-state index contributed by atoms with van der Waals surface area (Å²) in [6, 6.07) is 19.6. The SMILES string of the molecule is O=C(c1ccc(=O)n(CCOc2ccccc2)n1)N(Cc1ccccn1)c1ccc(F)cc1F. The molecule has 0 atom stereocenters. The van der Waals surface area contributed by atoms with Crippen molar-refractivity contribution in [3.8, 4) is 5.75 Å². The molecule has 0 saturated carbocycles. The van der Waals surface area contributed by atoms with Crippen LogP contribution >= 0.6 is 0 Å². The summed E-state index contributed by atoms with van der Waals surface area (Å²) in [5.41, 5.74) is -0.149. The molecular weight excluding hydrogens is 442 g/mol. The van der Waals surface area contributed by atoms with Crippen LogP contribution in [0.5, 0.6) is 5.75 Å². The molecule has 0 fully saturated rings. The molecule has 4 aromatic rings. The molecule has 7 nitrogen and oxygen atoms in total. The van der Waals surface area contributed by atoms with E-state index in [2.05, 4.69) is 10.1 Å². The van der Waals surface area contributed by atoms with Crippen LogP contribution < -0.4 is 15.2 Å². The zero-order valence-corrected chi connectivity index (χ0v) is 18.0. The summed E-state index contributed by atoms with van der Waals surface area (Å²) in [4.78, 5) is 30.9. The van der Waals surface area contributed by atoms with Crippen LogP contribution in [0.3, 0.4) is 0 Å². The van der Waals surface area contributed by atoms with Gasteiger partial charge in [-0.15, -0.1) is 0 Å². The molecular formula is C25H20F2N4O3. The molecule has 0 aliphatic heterocycles. The number of pyridine rings is 1. The van der Waals surface area contributed by atoms with Gasteiger partial charge in [0, 0.05) is 18.3 Å². The molecule has 2 aromatic heterocycles. The lowest BCUT2D eigenvalue weighted by Gasteiger charge is -2.23. The Hall–Kier alpha value is -4.40. The number of carbonyl (C=O) groups is 1. The number of halogens is 2. The van der Waals surface area contributed by atoms with Crippen LogP contribution in [-0.4, -0.2) is 27.3 Å². The van der Waals surface area contributed by atoms with Crippen LogP contribution in [0, 0.1) is 11.6 Å². The summed E-state index contributed by atoms with van der Waals surface area (Å²) in [5, 5.41) is 4.15. The van der Waals surface area contributed by atoms with Gasteiger partial charge in [-0.2, -0.15) is 5.10 Å². The monoisotopic (exact) mass is 462 g/mol. The Labute approximate surface area is 193 Å². The van der Waals surface area contributed by atoms with Gasteiger partial charge in [0.25, 0.3) is 11.5 Å². The summed E-state index contributed by atoms with van der Waals surface area (Å²) in [5.74, 6) is -1.71. The standard InChI is InChI=1S/C25H20F2N4O3/c26-18-9-11-23(21(27)16-18)30(17-19-6-4-5-13-28-19)25(33)22-10-12-24(32)31(29-22)14-15-34-20-7-2-1-3-8-20/h1-13,16H,14-15,17H2. The highest BCUT2D eigenvalue weighted by Crippen LogP contribution is 2.23. The Bertz CT molecular complexity index is 1330. The number of hydrogen-bond acceptors (Lipinski definition) is 5. The molecule has 0 radical (unpaired) electrons. The number of ether oxygens (including phenoxy) is 1. The summed E-state index contributed by atoms with van der Waals surface area (Å²) < 4.78 is 34.8. The Kier molecular flexibility index (Phi) is 7.02. The smallest absolute Gasteiger partial charge is 0.279 e. The van der Waals surface area contributed by atoms with E-state index in [0.717, 1.165) is 15.6 Å². The second kappa shape index (κ2) is 10.5. The van der Waals surface area contributed by atoms with E-state index in [1.807, 2.05) is 18.2 Å². The zero-order chi connectivity index (χ0) is 23.9. The van der Waals surface area contributed by atoms with Crippen LogP contribution in [0.2, 0.25) is 0 Å². The van der Waals surface area contributed by atoms with Gasteiger partial charge in [0.1, 0.15) is 29.7 Å². The minimum atomic E-state index is -0.908. The maximum atomic E-state index is 14.6. The average molecular weight is 462 g/mol. The lowest BCUT2D eigenvalue weighted by molar-refractivity contribution is 0.0976. The molecule has 2 aromatic carbocycles. The molecule has 0 saturated heterocycles. The van der Waals surface area contributed by atoms with Crippen LogP contribution in [0.25, 0.3) is 0 Å². The van der Waals surface area contributed by atoms with Gasteiger partial charge in [-0.3, -0.25) is 19.5 Å². The number of aromatic nitrogens is 3. The van der Waals surface area contributed by atoms with E-state index in [0.29, 0.717) is 17.5 Å². The number of benzene rings is 2. The second-order valence-electron chi connectivity index (χ2n) is 7.25. The number of amides is 1. The number of hydrogen-bond donors (Lipinski definition) is 0. The number of carbonyl (C=O) groups excluding carboxylic acids is 1. The Balaban J connectivity index is 1.60. The first kappa shape index (κ1) is 22.8. The van der Waals surface area contributed by atoms with Crippen molar-refractivity contribution in [1.29, 1.82) is 0 Å². The number of nitrogens with zero attached hydrogens (tertiary/aromatic N) is 4. The highest BCUT2D eigenvalue weighted by molar-refractivity contribution is 6.04. The third-order valence-corrected chi connectivity index (χ3v) is 4.89. The van der Waals surface area contributed by atoms with Gasteiger partial charge < -0.3 is 4.74 Å². The lowest BCUT2D eigenvalue weighted by Crippen LogP contribution is -2.35. The Morgan fingerprint density at radius 3 is 2.50 bits per heavy atom. The van der Waals surface area contributed by atoms with Crippen LogP contribution in [-0.2, 0) is 13.1 Å². The first-order valence-corrected chi connectivity index (χ1v) is 10.4. The second-order valence-corrected chi connectivity index (χ2v) is 7.25.